The van der Waals surface area contributed by atoms with E-state index in [4.69, 9.17) is 27.8 Å². The minimum absolute atomic E-state index is 0.0674. The molecule has 0 spiro atoms. The number of benzene rings is 2. The van der Waals surface area contributed by atoms with Crippen LogP contribution in [0.25, 0.3) is 0 Å². The van der Waals surface area contributed by atoms with E-state index in [1.165, 1.54) is 0 Å². The second-order valence-electron chi connectivity index (χ2n) is 15.9. The third kappa shape index (κ3) is 10.6. The van der Waals surface area contributed by atoms with Crippen molar-refractivity contribution >= 4 is 16.6 Å². The van der Waals surface area contributed by atoms with Crippen LogP contribution in [-0.4, -0.2) is 66.5 Å². The number of ether oxygens (including phenoxy) is 4. The predicted molar refractivity (Wildman–Crippen MR) is 185 cm³/mol. The van der Waals surface area contributed by atoms with Crippen LogP contribution in [0.4, 0.5) is 0 Å². The normalized spacial score (nSPS) is 21.2. The van der Waals surface area contributed by atoms with E-state index in [2.05, 4.69) is 106 Å². The molecule has 8 heteroatoms. The van der Waals surface area contributed by atoms with Crippen molar-refractivity contribution in [2.75, 3.05) is 19.8 Å². The minimum atomic E-state index is -2.07. The van der Waals surface area contributed by atoms with Gasteiger partial charge in [-0.2, -0.15) is 0 Å². The first kappa shape index (κ1) is 37.1. The summed E-state index contributed by atoms with van der Waals surface area (Å²) >= 11 is 0. The van der Waals surface area contributed by atoms with Gasteiger partial charge in [0.25, 0.3) is 0 Å². The Kier molecular flexibility index (Phi) is 12.7. The van der Waals surface area contributed by atoms with Crippen molar-refractivity contribution in [1.29, 1.82) is 0 Å². The van der Waals surface area contributed by atoms with Crippen LogP contribution in [0.3, 0.4) is 0 Å². The lowest BCUT2D eigenvalue weighted by molar-refractivity contribution is -0.278. The first-order chi connectivity index (χ1) is 20.3. The summed E-state index contributed by atoms with van der Waals surface area (Å²) in [6, 6.07) is 20.6. The highest BCUT2D eigenvalue weighted by molar-refractivity contribution is 6.74. The fourth-order valence-electron chi connectivity index (χ4n) is 4.51. The van der Waals surface area contributed by atoms with E-state index in [1.54, 1.807) is 0 Å². The molecule has 0 aromatic heterocycles. The smallest absolute Gasteiger partial charge is 0.192 e. The maximum atomic E-state index is 6.88. The molecule has 0 bridgehead atoms. The van der Waals surface area contributed by atoms with Gasteiger partial charge in [0.15, 0.2) is 16.6 Å². The molecule has 6 nitrogen and oxygen atoms in total. The van der Waals surface area contributed by atoms with Gasteiger partial charge in [-0.05, 0) is 61.2 Å². The summed E-state index contributed by atoms with van der Waals surface area (Å²) in [6.07, 6.45) is -1.55. The molecule has 248 valence electrons. The molecule has 1 saturated heterocycles. The number of hydrogen-bond acceptors (Lipinski definition) is 6. The van der Waals surface area contributed by atoms with Crippen LogP contribution >= 0.6 is 0 Å². The molecular formula is C36H60O6Si2. The molecule has 44 heavy (non-hydrogen) atoms. The molecule has 1 fully saturated rings. The number of rotatable bonds is 14. The van der Waals surface area contributed by atoms with Crippen molar-refractivity contribution < 1.29 is 27.8 Å². The summed E-state index contributed by atoms with van der Waals surface area (Å²) in [4.78, 5) is 0. The summed E-state index contributed by atoms with van der Waals surface area (Å²) in [6.45, 7) is 29.0. The van der Waals surface area contributed by atoms with Crippen LogP contribution in [0.1, 0.15) is 66.5 Å². The minimum Gasteiger partial charge on any atom is -0.414 e. The average Bonchev–Trinajstić information content (AvgIpc) is 2.93. The van der Waals surface area contributed by atoms with Crippen molar-refractivity contribution in [3.8, 4) is 0 Å². The van der Waals surface area contributed by atoms with Gasteiger partial charge in [-0.25, -0.2) is 0 Å². The second kappa shape index (κ2) is 15.0. The van der Waals surface area contributed by atoms with E-state index in [9.17, 15) is 0 Å². The molecule has 3 rings (SSSR count). The Bertz CT molecular complexity index is 1120. The predicted octanol–water partition coefficient (Wildman–Crippen LogP) is 8.76. The summed E-state index contributed by atoms with van der Waals surface area (Å²) < 4.78 is 40.6. The zero-order valence-electron chi connectivity index (χ0n) is 29.6. The molecule has 4 unspecified atom stereocenters. The van der Waals surface area contributed by atoms with Gasteiger partial charge in [0.2, 0.25) is 0 Å². The molecule has 0 amide bonds. The van der Waals surface area contributed by atoms with Gasteiger partial charge in [0.1, 0.15) is 24.4 Å². The third-order valence-electron chi connectivity index (χ3n) is 9.58. The summed E-state index contributed by atoms with van der Waals surface area (Å²) in [5.74, 6) is 0. The Morgan fingerprint density at radius 3 is 1.45 bits per heavy atom. The van der Waals surface area contributed by atoms with E-state index in [1.807, 2.05) is 36.4 Å². The van der Waals surface area contributed by atoms with E-state index in [-0.39, 0.29) is 22.3 Å². The average molecular weight is 645 g/mol. The molecule has 4 atom stereocenters. The van der Waals surface area contributed by atoms with Crippen LogP contribution in [0.5, 0.6) is 0 Å². The zero-order valence-corrected chi connectivity index (χ0v) is 31.6. The lowest BCUT2D eigenvalue weighted by atomic mass is 9.98. The molecule has 0 N–H and O–H groups in total. The van der Waals surface area contributed by atoms with Gasteiger partial charge >= 0.3 is 0 Å². The molecule has 1 heterocycles. The van der Waals surface area contributed by atoms with Gasteiger partial charge in [0, 0.05) is 0 Å². The zero-order chi connectivity index (χ0) is 32.8. The van der Waals surface area contributed by atoms with Crippen molar-refractivity contribution in [1.82, 2.24) is 0 Å². The molecule has 0 aliphatic carbocycles. The highest BCUT2D eigenvalue weighted by atomic mass is 28.4. The van der Waals surface area contributed by atoms with E-state index < -0.39 is 34.4 Å². The van der Waals surface area contributed by atoms with E-state index in [0.29, 0.717) is 33.0 Å². The van der Waals surface area contributed by atoms with Gasteiger partial charge in [-0.15, -0.1) is 0 Å². The Balaban J connectivity index is 1.95. The first-order valence-corrected chi connectivity index (χ1v) is 22.0. The van der Waals surface area contributed by atoms with Crippen LogP contribution < -0.4 is 0 Å². The quantitative estimate of drug-likeness (QED) is 0.192. The first-order valence-electron chi connectivity index (χ1n) is 16.2. The molecule has 0 saturated carbocycles. The molecule has 2 aromatic carbocycles. The number of hydrogen-bond donors (Lipinski definition) is 0. The van der Waals surface area contributed by atoms with Gasteiger partial charge in [-0.1, -0.05) is 102 Å². The second-order valence-corrected chi connectivity index (χ2v) is 25.5. The maximum absolute atomic E-state index is 6.88. The molecule has 0 radical (unpaired) electrons. The molecular weight excluding hydrogens is 585 g/mol. The van der Waals surface area contributed by atoms with E-state index >= 15 is 0 Å². The Morgan fingerprint density at radius 1 is 0.682 bits per heavy atom. The maximum Gasteiger partial charge on any atom is 0.192 e. The largest absolute Gasteiger partial charge is 0.414 e. The Morgan fingerprint density at radius 2 is 1.07 bits per heavy atom. The van der Waals surface area contributed by atoms with Crippen molar-refractivity contribution in [2.45, 2.75) is 135 Å². The monoisotopic (exact) mass is 644 g/mol. The van der Waals surface area contributed by atoms with Crippen molar-refractivity contribution in [2.24, 2.45) is 0 Å². The lowest BCUT2D eigenvalue weighted by Gasteiger charge is -2.47. The van der Waals surface area contributed by atoms with Crippen molar-refractivity contribution in [3.63, 3.8) is 0 Å². The van der Waals surface area contributed by atoms with Gasteiger partial charge < -0.3 is 27.8 Å². The Hall–Kier alpha value is -1.37. The molecule has 2 aromatic rings. The van der Waals surface area contributed by atoms with Crippen LogP contribution in [0.15, 0.2) is 60.7 Å². The Labute approximate surface area is 270 Å². The topological polar surface area (TPSA) is 55.4 Å². The summed E-state index contributed by atoms with van der Waals surface area (Å²) in [5, 5.41) is 0.137. The SMILES string of the molecule is CC1(C)COC(C(CO[Si](C)(C)C(C)(C)C)OCc2ccccc2)C(C(CO[Si](C)(C)C(C)(C)C)OCc2ccccc2)O1. The van der Waals surface area contributed by atoms with Gasteiger partial charge in [0.05, 0.1) is 38.6 Å². The summed E-state index contributed by atoms with van der Waals surface area (Å²) in [5.41, 5.74) is 1.73. The molecule has 1 aliphatic rings. The third-order valence-corrected chi connectivity index (χ3v) is 18.6. The molecule has 1 aliphatic heterocycles. The highest BCUT2D eigenvalue weighted by Crippen LogP contribution is 2.39. The summed E-state index contributed by atoms with van der Waals surface area (Å²) in [7, 11) is -4.14. The van der Waals surface area contributed by atoms with Crippen molar-refractivity contribution in [3.05, 3.63) is 71.8 Å². The highest BCUT2D eigenvalue weighted by Gasteiger charge is 2.48. The lowest BCUT2D eigenvalue weighted by Crippen LogP contribution is -2.61. The standard InChI is InChI=1S/C36H60O6Si2/c1-34(2,3)43(9,10)40-25-30(37-23-28-19-15-13-16-20-28)32-33(42-36(7,8)27-39-32)31(26-41-44(11,12)35(4,5)6)38-24-29-21-17-14-18-22-29/h13-22,30-33H,23-27H2,1-12H3. The fourth-order valence-corrected chi connectivity index (χ4v) is 6.54. The van der Waals surface area contributed by atoms with Crippen LogP contribution in [0.2, 0.25) is 36.3 Å². The fraction of sp³-hybridized carbons (Fsp3) is 0.667. The van der Waals surface area contributed by atoms with Crippen LogP contribution in [-0.2, 0) is 41.0 Å². The van der Waals surface area contributed by atoms with Gasteiger partial charge in [-0.3, -0.25) is 0 Å². The van der Waals surface area contributed by atoms with E-state index in [0.717, 1.165) is 11.1 Å². The van der Waals surface area contributed by atoms with Crippen LogP contribution in [0, 0.1) is 0 Å².